The van der Waals surface area contributed by atoms with Crippen molar-refractivity contribution in [3.8, 4) is 6.07 Å². The molecule has 156 valence electrons. The Balaban J connectivity index is 1.60. The van der Waals surface area contributed by atoms with Crippen LogP contribution in [-0.2, 0) is 11.3 Å². The Bertz CT molecular complexity index is 1060. The third kappa shape index (κ3) is 3.68. The zero-order chi connectivity index (χ0) is 21.3. The molecule has 0 N–H and O–H groups in total. The van der Waals surface area contributed by atoms with E-state index in [1.165, 1.54) is 4.90 Å². The fourth-order valence-corrected chi connectivity index (χ4v) is 4.49. The van der Waals surface area contributed by atoms with Crippen LogP contribution in [0.2, 0.25) is 0 Å². The van der Waals surface area contributed by atoms with Gasteiger partial charge >= 0.3 is 0 Å². The summed E-state index contributed by atoms with van der Waals surface area (Å²) in [7, 11) is 3.26. The van der Waals surface area contributed by atoms with Crippen molar-refractivity contribution in [2.75, 3.05) is 45.3 Å². The van der Waals surface area contributed by atoms with Crippen molar-refractivity contribution in [3.63, 3.8) is 0 Å². The molecule has 0 spiro atoms. The Labute approximate surface area is 175 Å². The van der Waals surface area contributed by atoms with Crippen molar-refractivity contribution in [2.24, 2.45) is 5.92 Å². The molecule has 2 aliphatic heterocycles. The van der Waals surface area contributed by atoms with Gasteiger partial charge in [0.15, 0.2) is 0 Å². The molecule has 4 rings (SSSR count). The largest absolute Gasteiger partial charge is 0.383 e. The maximum Gasteiger partial charge on any atom is 0.263 e. The molecule has 0 aromatic carbocycles. The Morgan fingerprint density at radius 3 is 2.93 bits per heavy atom. The summed E-state index contributed by atoms with van der Waals surface area (Å²) in [6.07, 6.45) is 2.67. The summed E-state index contributed by atoms with van der Waals surface area (Å²) in [5, 5.41) is 9.17. The van der Waals surface area contributed by atoms with Crippen LogP contribution < -0.4 is 10.5 Å². The minimum Gasteiger partial charge on any atom is -0.383 e. The summed E-state index contributed by atoms with van der Waals surface area (Å²) >= 11 is 0. The highest BCUT2D eigenvalue weighted by Gasteiger charge is 2.36. The number of pyridine rings is 2. The van der Waals surface area contributed by atoms with Crippen LogP contribution in [0.5, 0.6) is 0 Å². The summed E-state index contributed by atoms with van der Waals surface area (Å²) < 4.78 is 6.81. The molecule has 2 aliphatic rings. The van der Waals surface area contributed by atoms with E-state index in [0.717, 1.165) is 31.0 Å². The average Bonchev–Trinajstić information content (AvgIpc) is 2.77. The average molecular weight is 407 g/mol. The van der Waals surface area contributed by atoms with E-state index in [-0.39, 0.29) is 28.9 Å². The number of nitrogens with zero attached hydrogens (tertiary/aromatic N) is 5. The van der Waals surface area contributed by atoms with Crippen LogP contribution in [0.15, 0.2) is 35.3 Å². The lowest BCUT2D eigenvalue weighted by atomic mass is 9.83. The van der Waals surface area contributed by atoms with Gasteiger partial charge in [0, 0.05) is 58.1 Å². The summed E-state index contributed by atoms with van der Waals surface area (Å²) in [6.45, 7) is 2.96. The number of aromatic nitrogens is 2. The normalized spacial score (nSPS) is 19.7. The molecule has 2 atom stereocenters. The minimum atomic E-state index is -0.276. The number of nitriles is 1. The molecule has 2 aromatic rings. The Morgan fingerprint density at radius 1 is 1.33 bits per heavy atom. The van der Waals surface area contributed by atoms with Gasteiger partial charge in [-0.05, 0) is 36.6 Å². The van der Waals surface area contributed by atoms with Gasteiger partial charge in [-0.25, -0.2) is 4.98 Å². The van der Waals surface area contributed by atoms with E-state index in [4.69, 9.17) is 10.00 Å². The zero-order valence-electron chi connectivity index (χ0n) is 17.2. The summed E-state index contributed by atoms with van der Waals surface area (Å²) in [4.78, 5) is 34.0. The first-order valence-corrected chi connectivity index (χ1v) is 10.1. The molecular weight excluding hydrogens is 382 g/mol. The van der Waals surface area contributed by atoms with Gasteiger partial charge in [0.2, 0.25) is 0 Å². The number of hydrogen-bond donors (Lipinski definition) is 0. The van der Waals surface area contributed by atoms with Gasteiger partial charge < -0.3 is 19.1 Å². The van der Waals surface area contributed by atoms with Gasteiger partial charge in [0.1, 0.15) is 11.4 Å². The van der Waals surface area contributed by atoms with Crippen molar-refractivity contribution in [3.05, 3.63) is 57.6 Å². The number of likely N-dealkylation sites (N-methyl/N-ethyl adjacent to an activating group) is 1. The number of carbonyl (C=O) groups is 1. The number of rotatable bonds is 5. The second-order valence-corrected chi connectivity index (χ2v) is 8.03. The van der Waals surface area contributed by atoms with Gasteiger partial charge in [-0.15, -0.1) is 0 Å². The second kappa shape index (κ2) is 8.28. The van der Waals surface area contributed by atoms with E-state index >= 15 is 0 Å². The van der Waals surface area contributed by atoms with Crippen molar-refractivity contribution in [2.45, 2.75) is 18.9 Å². The predicted molar refractivity (Wildman–Crippen MR) is 112 cm³/mol. The molecule has 2 aromatic heterocycles. The summed E-state index contributed by atoms with van der Waals surface area (Å²) in [6, 6.07) is 9.25. The van der Waals surface area contributed by atoms with Crippen LogP contribution in [0.3, 0.4) is 0 Å². The smallest absolute Gasteiger partial charge is 0.263 e. The van der Waals surface area contributed by atoms with Crippen molar-refractivity contribution in [1.29, 1.82) is 5.26 Å². The van der Waals surface area contributed by atoms with Crippen LogP contribution in [-0.4, -0.2) is 60.8 Å². The molecule has 8 nitrogen and oxygen atoms in total. The van der Waals surface area contributed by atoms with Crippen LogP contribution >= 0.6 is 0 Å². The highest BCUT2D eigenvalue weighted by molar-refractivity contribution is 5.93. The topological polar surface area (TPSA) is 91.5 Å². The molecule has 1 fully saturated rings. The maximum atomic E-state index is 13.1. The lowest BCUT2D eigenvalue weighted by Gasteiger charge is -2.43. The highest BCUT2D eigenvalue weighted by Crippen LogP contribution is 2.36. The lowest BCUT2D eigenvalue weighted by molar-refractivity contribution is 0.0741. The van der Waals surface area contributed by atoms with E-state index in [9.17, 15) is 9.59 Å². The number of methoxy groups -OCH3 is 1. The van der Waals surface area contributed by atoms with Crippen LogP contribution in [0.4, 0.5) is 5.82 Å². The monoisotopic (exact) mass is 407 g/mol. The third-order valence-electron chi connectivity index (χ3n) is 6.01. The number of hydrogen-bond acceptors (Lipinski definition) is 6. The van der Waals surface area contributed by atoms with Crippen LogP contribution in [0, 0.1) is 17.2 Å². The van der Waals surface area contributed by atoms with Gasteiger partial charge in [-0.3, -0.25) is 9.59 Å². The lowest BCUT2D eigenvalue weighted by Crippen LogP contribution is -2.48. The maximum absolute atomic E-state index is 13.1. The molecule has 1 saturated heterocycles. The number of ether oxygens (including phenoxy) is 1. The number of anilines is 1. The minimum absolute atomic E-state index is 0.188. The van der Waals surface area contributed by atoms with Gasteiger partial charge in [-0.1, -0.05) is 0 Å². The Morgan fingerprint density at radius 2 is 2.17 bits per heavy atom. The van der Waals surface area contributed by atoms with E-state index < -0.39 is 0 Å². The molecule has 0 saturated carbocycles. The first-order valence-electron chi connectivity index (χ1n) is 10.1. The molecule has 4 heterocycles. The first-order chi connectivity index (χ1) is 14.5. The molecule has 0 unspecified atom stereocenters. The van der Waals surface area contributed by atoms with Crippen molar-refractivity contribution >= 4 is 11.7 Å². The van der Waals surface area contributed by atoms with Crippen LogP contribution in [0.25, 0.3) is 0 Å². The fraction of sp³-hybridized carbons (Fsp3) is 0.455. The summed E-state index contributed by atoms with van der Waals surface area (Å²) in [5.41, 5.74) is 1.55. The quantitative estimate of drug-likeness (QED) is 0.745. The fourth-order valence-electron chi connectivity index (χ4n) is 4.49. The van der Waals surface area contributed by atoms with E-state index in [2.05, 4.69) is 16.0 Å². The number of carbonyl (C=O) groups excluding carboxylic acids is 1. The molecule has 30 heavy (non-hydrogen) atoms. The highest BCUT2D eigenvalue weighted by atomic mass is 16.5. The molecule has 8 heteroatoms. The van der Waals surface area contributed by atoms with Crippen molar-refractivity contribution < 1.29 is 9.53 Å². The molecule has 0 aliphatic carbocycles. The zero-order valence-corrected chi connectivity index (χ0v) is 17.2. The SMILES string of the molecule is COCCN(C)C(=O)c1ccc2n(c1=O)C[C@H]1C[C@@H]2CN(c2cc(C#N)ccn2)C1. The van der Waals surface area contributed by atoms with Gasteiger partial charge in [0.05, 0.1) is 18.2 Å². The van der Waals surface area contributed by atoms with E-state index in [0.29, 0.717) is 25.3 Å². The molecular formula is C22H25N5O3. The number of amides is 1. The molecule has 2 bridgehead atoms. The third-order valence-corrected chi connectivity index (χ3v) is 6.01. The van der Waals surface area contributed by atoms with Crippen molar-refractivity contribution in [1.82, 2.24) is 14.5 Å². The summed E-state index contributed by atoms with van der Waals surface area (Å²) in [5.74, 6) is 1.000. The van der Waals surface area contributed by atoms with Gasteiger partial charge in [0.25, 0.3) is 11.5 Å². The van der Waals surface area contributed by atoms with E-state index in [1.54, 1.807) is 37.1 Å². The molecule has 0 radical (unpaired) electrons. The Hall–Kier alpha value is -3.18. The van der Waals surface area contributed by atoms with Gasteiger partial charge in [-0.2, -0.15) is 5.26 Å². The Kier molecular flexibility index (Phi) is 5.55. The predicted octanol–water partition coefficient (Wildman–Crippen LogP) is 1.46. The first kappa shape index (κ1) is 20.1. The molecule has 1 amide bonds. The number of piperidine rings is 1. The number of fused-ring (bicyclic) bond motifs is 4. The van der Waals surface area contributed by atoms with E-state index in [1.807, 2.05) is 12.1 Å². The second-order valence-electron chi connectivity index (χ2n) is 8.03. The van der Waals surface area contributed by atoms with Crippen LogP contribution in [0.1, 0.15) is 34.0 Å². The standard InChI is InChI=1S/C22H25N5O3/c1-25(7-8-30-2)21(28)18-3-4-19-17-9-16(13-27(19)22(18)29)12-26(14-17)20-10-15(11-23)5-6-24-20/h3-6,10,16-17H,7-9,12-14H2,1-2H3/t16-,17+/m0/s1.